The molecule has 0 fully saturated rings. The molecule has 0 aliphatic rings. The van der Waals surface area contributed by atoms with Gasteiger partial charge in [0.25, 0.3) is 5.91 Å². The number of rotatable bonds is 6. The molecule has 33 heavy (non-hydrogen) atoms. The van der Waals surface area contributed by atoms with E-state index in [9.17, 15) is 9.18 Å². The van der Waals surface area contributed by atoms with Gasteiger partial charge in [-0.2, -0.15) is 0 Å². The zero-order chi connectivity index (χ0) is 23.5. The molecule has 1 N–H and O–H groups in total. The molecule has 1 amide bonds. The largest absolute Gasteiger partial charge is 0.320 e. The molecule has 0 atom stereocenters. The van der Waals surface area contributed by atoms with E-state index in [1.165, 1.54) is 28.6 Å². The van der Waals surface area contributed by atoms with Gasteiger partial charge in [0.2, 0.25) is 0 Å². The highest BCUT2D eigenvalue weighted by atomic mass is 35.5. The van der Waals surface area contributed by atoms with Crippen molar-refractivity contribution in [2.24, 2.45) is 0 Å². The van der Waals surface area contributed by atoms with Gasteiger partial charge in [0.05, 0.1) is 11.4 Å². The van der Waals surface area contributed by atoms with Gasteiger partial charge in [-0.05, 0) is 68.8 Å². The Balaban J connectivity index is 1.67. The zero-order valence-electron chi connectivity index (χ0n) is 18.1. The molecule has 0 saturated heterocycles. The standard InChI is InChI=1S/C23H20ClFN6OS/c1-13-4-7-17(11-19(13)24)28-22(32)21-20(12-33-23-26-14(2)10-15(3)27-23)31(30-29-21)18-8-5-16(25)6-9-18/h4-11H,12H2,1-3H3,(H,28,32). The number of carbonyl (C=O) groups excluding carboxylic acids is 1. The van der Waals surface area contributed by atoms with E-state index in [4.69, 9.17) is 11.6 Å². The lowest BCUT2D eigenvalue weighted by Gasteiger charge is -2.09. The third kappa shape index (κ3) is 5.37. The third-order valence-corrected chi connectivity index (χ3v) is 6.04. The van der Waals surface area contributed by atoms with Crippen molar-refractivity contribution in [1.29, 1.82) is 0 Å². The van der Waals surface area contributed by atoms with E-state index < -0.39 is 5.91 Å². The minimum Gasteiger partial charge on any atom is -0.320 e. The van der Waals surface area contributed by atoms with E-state index in [1.807, 2.05) is 32.9 Å². The second-order valence-corrected chi connectivity index (χ2v) is 8.76. The normalized spacial score (nSPS) is 10.9. The van der Waals surface area contributed by atoms with Crippen molar-refractivity contribution < 1.29 is 9.18 Å². The average Bonchev–Trinajstić information content (AvgIpc) is 3.19. The number of nitrogens with one attached hydrogen (secondary N) is 1. The summed E-state index contributed by atoms with van der Waals surface area (Å²) in [5, 5.41) is 12.2. The molecular weight excluding hydrogens is 463 g/mol. The predicted octanol–water partition coefficient (Wildman–Crippen LogP) is 5.32. The number of amides is 1. The lowest BCUT2D eigenvalue weighted by atomic mass is 10.2. The van der Waals surface area contributed by atoms with Crippen LogP contribution in [0.4, 0.5) is 10.1 Å². The summed E-state index contributed by atoms with van der Waals surface area (Å²) in [6.45, 7) is 5.68. The Labute approximate surface area is 199 Å². The average molecular weight is 483 g/mol. The zero-order valence-corrected chi connectivity index (χ0v) is 19.7. The van der Waals surface area contributed by atoms with E-state index in [0.717, 1.165) is 17.0 Å². The van der Waals surface area contributed by atoms with E-state index in [-0.39, 0.29) is 11.5 Å². The number of aromatic nitrogens is 5. The van der Waals surface area contributed by atoms with Crippen LogP contribution in [0.5, 0.6) is 0 Å². The molecule has 4 aromatic rings. The SMILES string of the molecule is Cc1cc(C)nc(SCc2c(C(=O)Nc3ccc(C)c(Cl)c3)nnn2-c2ccc(F)cc2)n1. The number of benzene rings is 2. The number of thioether (sulfide) groups is 1. The number of hydrogen-bond donors (Lipinski definition) is 1. The van der Waals surface area contributed by atoms with Crippen LogP contribution in [0.2, 0.25) is 5.02 Å². The van der Waals surface area contributed by atoms with Crippen LogP contribution in [0.15, 0.2) is 53.7 Å². The van der Waals surface area contributed by atoms with Crippen molar-refractivity contribution in [3.63, 3.8) is 0 Å². The van der Waals surface area contributed by atoms with E-state index in [0.29, 0.717) is 33.0 Å². The summed E-state index contributed by atoms with van der Waals surface area (Å²) in [5.74, 6) is -0.474. The van der Waals surface area contributed by atoms with Crippen LogP contribution >= 0.6 is 23.4 Å². The van der Waals surface area contributed by atoms with E-state index in [1.54, 1.807) is 24.3 Å². The fourth-order valence-electron chi connectivity index (χ4n) is 3.15. The highest BCUT2D eigenvalue weighted by Crippen LogP contribution is 2.25. The molecule has 2 aromatic heterocycles. The Kier molecular flexibility index (Phi) is 6.71. The lowest BCUT2D eigenvalue weighted by molar-refractivity contribution is 0.102. The summed E-state index contributed by atoms with van der Waals surface area (Å²) >= 11 is 7.55. The van der Waals surface area contributed by atoms with E-state index in [2.05, 4.69) is 25.6 Å². The number of anilines is 1. The van der Waals surface area contributed by atoms with Crippen LogP contribution in [-0.4, -0.2) is 30.9 Å². The first-order valence-corrected chi connectivity index (χ1v) is 11.4. The van der Waals surface area contributed by atoms with Gasteiger partial charge in [-0.25, -0.2) is 19.0 Å². The minimum absolute atomic E-state index is 0.146. The summed E-state index contributed by atoms with van der Waals surface area (Å²) in [7, 11) is 0. The van der Waals surface area contributed by atoms with Gasteiger partial charge >= 0.3 is 0 Å². The smallest absolute Gasteiger partial charge is 0.278 e. The Morgan fingerprint density at radius 1 is 1.06 bits per heavy atom. The van der Waals surface area contributed by atoms with Gasteiger partial charge in [-0.1, -0.05) is 34.6 Å². The molecule has 2 aromatic carbocycles. The van der Waals surface area contributed by atoms with E-state index >= 15 is 0 Å². The topological polar surface area (TPSA) is 85.6 Å². The fraction of sp³-hybridized carbons (Fsp3) is 0.174. The van der Waals surface area contributed by atoms with Crippen LogP contribution in [-0.2, 0) is 5.75 Å². The first kappa shape index (κ1) is 22.9. The van der Waals surface area contributed by atoms with Gasteiger partial charge < -0.3 is 5.32 Å². The Hall–Kier alpha value is -3.30. The number of nitrogens with zero attached hydrogens (tertiary/aromatic N) is 5. The van der Waals surface area contributed by atoms with Gasteiger partial charge in [-0.15, -0.1) is 5.10 Å². The first-order chi connectivity index (χ1) is 15.8. The van der Waals surface area contributed by atoms with Crippen molar-refractivity contribution in [2.75, 3.05) is 5.32 Å². The van der Waals surface area contributed by atoms with Gasteiger partial charge in [-0.3, -0.25) is 4.79 Å². The van der Waals surface area contributed by atoms with Crippen molar-refractivity contribution in [2.45, 2.75) is 31.7 Å². The highest BCUT2D eigenvalue weighted by Gasteiger charge is 2.22. The maximum atomic E-state index is 13.4. The van der Waals surface area contributed by atoms with Crippen LogP contribution in [0.25, 0.3) is 5.69 Å². The summed E-state index contributed by atoms with van der Waals surface area (Å²) < 4.78 is 15.0. The second kappa shape index (κ2) is 9.68. The quantitative estimate of drug-likeness (QED) is 0.295. The van der Waals surface area contributed by atoms with Crippen molar-refractivity contribution in [3.8, 4) is 5.69 Å². The van der Waals surface area contributed by atoms with Crippen LogP contribution in [0, 0.1) is 26.6 Å². The van der Waals surface area contributed by atoms with Gasteiger partial charge in [0, 0.05) is 27.9 Å². The minimum atomic E-state index is -0.430. The molecule has 10 heteroatoms. The van der Waals surface area contributed by atoms with Crippen molar-refractivity contribution >= 4 is 35.0 Å². The Morgan fingerprint density at radius 3 is 2.42 bits per heavy atom. The van der Waals surface area contributed by atoms with Crippen LogP contribution in [0.1, 0.15) is 33.1 Å². The molecule has 0 radical (unpaired) electrons. The second-order valence-electron chi connectivity index (χ2n) is 7.41. The molecule has 7 nitrogen and oxygen atoms in total. The number of halogens is 2. The molecule has 4 rings (SSSR count). The monoisotopic (exact) mass is 482 g/mol. The number of carbonyl (C=O) groups is 1. The number of aryl methyl sites for hydroxylation is 3. The van der Waals surface area contributed by atoms with Gasteiger partial charge in [0.15, 0.2) is 10.9 Å². The molecule has 0 saturated carbocycles. The molecule has 168 valence electrons. The maximum absolute atomic E-state index is 13.4. The summed E-state index contributed by atoms with van der Waals surface area (Å²) in [5.41, 5.74) is 4.41. The summed E-state index contributed by atoms with van der Waals surface area (Å²) in [6.07, 6.45) is 0. The summed E-state index contributed by atoms with van der Waals surface area (Å²) in [4.78, 5) is 22.0. The highest BCUT2D eigenvalue weighted by molar-refractivity contribution is 7.98. The number of hydrogen-bond acceptors (Lipinski definition) is 6. The lowest BCUT2D eigenvalue weighted by Crippen LogP contribution is -2.15. The molecule has 0 spiro atoms. The fourth-order valence-corrected chi connectivity index (χ4v) is 4.27. The molecule has 0 unspecified atom stereocenters. The van der Waals surface area contributed by atoms with Crippen LogP contribution < -0.4 is 5.32 Å². The Bertz CT molecular complexity index is 1310. The van der Waals surface area contributed by atoms with Crippen molar-refractivity contribution in [1.82, 2.24) is 25.0 Å². The molecule has 0 bridgehead atoms. The van der Waals surface area contributed by atoms with Gasteiger partial charge in [0.1, 0.15) is 5.82 Å². The molecule has 2 heterocycles. The first-order valence-electron chi connectivity index (χ1n) is 10.0. The molecule has 0 aliphatic carbocycles. The third-order valence-electron chi connectivity index (χ3n) is 4.78. The maximum Gasteiger partial charge on any atom is 0.278 e. The van der Waals surface area contributed by atoms with Crippen LogP contribution in [0.3, 0.4) is 0 Å². The predicted molar refractivity (Wildman–Crippen MR) is 127 cm³/mol. The van der Waals surface area contributed by atoms with Crippen molar-refractivity contribution in [3.05, 3.63) is 87.7 Å². The molecular formula is C23H20ClFN6OS. The Morgan fingerprint density at radius 2 is 1.76 bits per heavy atom. The molecule has 0 aliphatic heterocycles. The summed E-state index contributed by atoms with van der Waals surface area (Å²) in [6, 6.07) is 13.0.